The van der Waals surface area contributed by atoms with Gasteiger partial charge in [0.25, 0.3) is 0 Å². The van der Waals surface area contributed by atoms with E-state index in [-0.39, 0.29) is 0 Å². The Labute approximate surface area is 116 Å². The molecule has 2 N–H and O–H groups in total. The molecular formula is C18H23N. The van der Waals surface area contributed by atoms with Crippen LogP contribution in [0.4, 0.5) is 0 Å². The average Bonchev–Trinajstić information content (AvgIpc) is 2.39. The molecule has 0 fully saturated rings. The highest BCUT2D eigenvalue weighted by Gasteiger charge is 2.11. The third-order valence-corrected chi connectivity index (χ3v) is 3.85. The second kappa shape index (κ2) is 6.03. The van der Waals surface area contributed by atoms with Gasteiger partial charge in [0.1, 0.15) is 0 Å². The van der Waals surface area contributed by atoms with Crippen molar-refractivity contribution < 1.29 is 0 Å². The van der Waals surface area contributed by atoms with E-state index in [1.165, 1.54) is 27.8 Å². The van der Waals surface area contributed by atoms with Crippen molar-refractivity contribution in [3.8, 4) is 0 Å². The van der Waals surface area contributed by atoms with Gasteiger partial charge in [-0.2, -0.15) is 0 Å². The molecule has 100 valence electrons. The minimum absolute atomic E-state index is 0.404. The second-order valence-electron chi connectivity index (χ2n) is 5.47. The first-order valence-corrected chi connectivity index (χ1v) is 6.93. The van der Waals surface area contributed by atoms with E-state index in [0.29, 0.717) is 12.5 Å². The second-order valence-corrected chi connectivity index (χ2v) is 5.47. The molecule has 1 heteroatoms. The highest BCUT2D eigenvalue weighted by molar-refractivity contribution is 5.33. The Morgan fingerprint density at radius 2 is 1.74 bits per heavy atom. The van der Waals surface area contributed by atoms with Crippen LogP contribution in [0, 0.1) is 20.8 Å². The molecule has 0 saturated carbocycles. The molecule has 0 aliphatic rings. The number of benzene rings is 2. The van der Waals surface area contributed by atoms with Gasteiger partial charge < -0.3 is 5.73 Å². The topological polar surface area (TPSA) is 26.0 Å². The van der Waals surface area contributed by atoms with Crippen LogP contribution >= 0.6 is 0 Å². The van der Waals surface area contributed by atoms with Crippen LogP contribution in [0.5, 0.6) is 0 Å². The van der Waals surface area contributed by atoms with Crippen LogP contribution in [0.3, 0.4) is 0 Å². The fourth-order valence-corrected chi connectivity index (χ4v) is 2.48. The fraction of sp³-hybridized carbons (Fsp3) is 0.333. The number of rotatable bonds is 4. The minimum atomic E-state index is 0.404. The van der Waals surface area contributed by atoms with E-state index in [2.05, 4.69) is 63.2 Å². The summed E-state index contributed by atoms with van der Waals surface area (Å²) in [6, 6.07) is 15.4. The molecule has 2 aromatic rings. The third kappa shape index (κ3) is 3.45. The van der Waals surface area contributed by atoms with E-state index in [1.54, 1.807) is 0 Å². The van der Waals surface area contributed by atoms with Gasteiger partial charge in [-0.1, -0.05) is 48.0 Å². The van der Waals surface area contributed by atoms with Crippen LogP contribution < -0.4 is 5.73 Å². The van der Waals surface area contributed by atoms with Gasteiger partial charge in [-0.3, -0.25) is 0 Å². The monoisotopic (exact) mass is 253 g/mol. The molecule has 0 aromatic heterocycles. The maximum Gasteiger partial charge on any atom is 0.000167 e. The largest absolute Gasteiger partial charge is 0.330 e. The van der Waals surface area contributed by atoms with Crippen LogP contribution in [0.2, 0.25) is 0 Å². The molecule has 2 rings (SSSR count). The number of hydrogen-bond acceptors (Lipinski definition) is 1. The molecule has 1 nitrogen and oxygen atoms in total. The first kappa shape index (κ1) is 13.8. The maximum absolute atomic E-state index is 5.98. The van der Waals surface area contributed by atoms with Crippen LogP contribution in [0.25, 0.3) is 0 Å². The lowest BCUT2D eigenvalue weighted by atomic mass is 9.90. The van der Waals surface area contributed by atoms with Gasteiger partial charge in [0, 0.05) is 5.92 Å². The van der Waals surface area contributed by atoms with Gasteiger partial charge in [-0.15, -0.1) is 0 Å². The lowest BCUT2D eigenvalue weighted by Crippen LogP contribution is -2.15. The first-order chi connectivity index (χ1) is 9.10. The van der Waals surface area contributed by atoms with E-state index in [9.17, 15) is 0 Å². The normalized spacial score (nSPS) is 12.4. The van der Waals surface area contributed by atoms with Gasteiger partial charge in [-0.25, -0.2) is 0 Å². The minimum Gasteiger partial charge on any atom is -0.330 e. The third-order valence-electron chi connectivity index (χ3n) is 3.85. The molecule has 0 heterocycles. The summed E-state index contributed by atoms with van der Waals surface area (Å²) in [7, 11) is 0. The van der Waals surface area contributed by atoms with Crippen LogP contribution in [0.15, 0.2) is 42.5 Å². The molecule has 0 spiro atoms. The first-order valence-electron chi connectivity index (χ1n) is 6.93. The number of nitrogens with two attached hydrogens (primary N) is 1. The Kier molecular flexibility index (Phi) is 4.39. The Morgan fingerprint density at radius 3 is 2.37 bits per heavy atom. The summed E-state index contributed by atoms with van der Waals surface area (Å²) < 4.78 is 0. The Morgan fingerprint density at radius 1 is 0.947 bits per heavy atom. The van der Waals surface area contributed by atoms with E-state index in [4.69, 9.17) is 5.73 Å². The maximum atomic E-state index is 5.98. The predicted octanol–water partition coefficient (Wildman–Crippen LogP) is 3.90. The summed E-state index contributed by atoms with van der Waals surface area (Å²) >= 11 is 0. The van der Waals surface area contributed by atoms with Gasteiger partial charge in [0.2, 0.25) is 0 Å². The van der Waals surface area contributed by atoms with Crippen molar-refractivity contribution in [3.63, 3.8) is 0 Å². The van der Waals surface area contributed by atoms with E-state index < -0.39 is 0 Å². The molecule has 2 aromatic carbocycles. The SMILES string of the molecule is Cc1cccc(CC(CN)c2ccc(C)c(C)c2)c1. The van der Waals surface area contributed by atoms with Gasteiger partial charge >= 0.3 is 0 Å². The number of aryl methyl sites for hydroxylation is 3. The molecule has 0 bridgehead atoms. The molecule has 0 radical (unpaired) electrons. The molecule has 0 aliphatic heterocycles. The molecule has 0 amide bonds. The molecule has 0 saturated heterocycles. The molecule has 0 aliphatic carbocycles. The Balaban J connectivity index is 2.22. The lowest BCUT2D eigenvalue weighted by Gasteiger charge is -2.17. The summed E-state index contributed by atoms with van der Waals surface area (Å²) in [6.07, 6.45) is 1.01. The van der Waals surface area contributed by atoms with E-state index in [1.807, 2.05) is 0 Å². The van der Waals surface area contributed by atoms with Crippen molar-refractivity contribution in [1.29, 1.82) is 0 Å². The van der Waals surface area contributed by atoms with Crippen LogP contribution in [0.1, 0.15) is 33.7 Å². The van der Waals surface area contributed by atoms with E-state index in [0.717, 1.165) is 6.42 Å². The van der Waals surface area contributed by atoms with Crippen LogP contribution in [-0.2, 0) is 6.42 Å². The van der Waals surface area contributed by atoms with E-state index >= 15 is 0 Å². The Bertz CT molecular complexity index is 557. The molecular weight excluding hydrogens is 230 g/mol. The zero-order valence-electron chi connectivity index (χ0n) is 12.1. The zero-order chi connectivity index (χ0) is 13.8. The summed E-state index contributed by atoms with van der Waals surface area (Å²) in [6.45, 7) is 7.14. The summed E-state index contributed by atoms with van der Waals surface area (Å²) in [4.78, 5) is 0. The van der Waals surface area contributed by atoms with Gasteiger partial charge in [0.05, 0.1) is 0 Å². The van der Waals surface area contributed by atoms with Crippen LogP contribution in [-0.4, -0.2) is 6.54 Å². The summed E-state index contributed by atoms with van der Waals surface area (Å²) in [5, 5.41) is 0. The molecule has 1 atom stereocenters. The lowest BCUT2D eigenvalue weighted by molar-refractivity contribution is 0.693. The predicted molar refractivity (Wildman–Crippen MR) is 82.6 cm³/mol. The number of hydrogen-bond donors (Lipinski definition) is 1. The zero-order valence-corrected chi connectivity index (χ0v) is 12.1. The molecule has 19 heavy (non-hydrogen) atoms. The summed E-state index contributed by atoms with van der Waals surface area (Å²) in [5.74, 6) is 0.404. The highest BCUT2D eigenvalue weighted by atomic mass is 14.5. The quantitative estimate of drug-likeness (QED) is 0.878. The van der Waals surface area contributed by atoms with Gasteiger partial charge in [-0.05, 0) is 56.0 Å². The Hall–Kier alpha value is -1.60. The van der Waals surface area contributed by atoms with Crippen molar-refractivity contribution in [1.82, 2.24) is 0 Å². The highest BCUT2D eigenvalue weighted by Crippen LogP contribution is 2.22. The summed E-state index contributed by atoms with van der Waals surface area (Å²) in [5.41, 5.74) is 12.7. The van der Waals surface area contributed by atoms with Crippen molar-refractivity contribution in [2.75, 3.05) is 6.54 Å². The average molecular weight is 253 g/mol. The van der Waals surface area contributed by atoms with Crippen molar-refractivity contribution in [2.45, 2.75) is 33.1 Å². The smallest absolute Gasteiger partial charge is 0.000167 e. The van der Waals surface area contributed by atoms with Crippen molar-refractivity contribution in [2.24, 2.45) is 5.73 Å². The van der Waals surface area contributed by atoms with Crippen molar-refractivity contribution >= 4 is 0 Å². The van der Waals surface area contributed by atoms with Gasteiger partial charge in [0.15, 0.2) is 0 Å². The fourth-order valence-electron chi connectivity index (χ4n) is 2.48. The standard InChI is InChI=1S/C18H23N/c1-13-5-4-6-16(9-13)11-18(12-19)17-8-7-14(2)15(3)10-17/h4-10,18H,11-12,19H2,1-3H3. The molecule has 1 unspecified atom stereocenters. The van der Waals surface area contributed by atoms with Crippen molar-refractivity contribution in [3.05, 3.63) is 70.3 Å².